The van der Waals surface area contributed by atoms with Crippen molar-refractivity contribution in [2.75, 3.05) is 33.2 Å². The average molecular weight is 404 g/mol. The van der Waals surface area contributed by atoms with Crippen LogP contribution in [-0.2, 0) is 4.79 Å². The van der Waals surface area contributed by atoms with Crippen LogP contribution < -0.4 is 5.73 Å². The molecule has 1 aromatic rings. The van der Waals surface area contributed by atoms with Gasteiger partial charge in [0.1, 0.15) is 6.04 Å². The van der Waals surface area contributed by atoms with Crippen LogP contribution in [0, 0.1) is 12.8 Å². The van der Waals surface area contributed by atoms with Gasteiger partial charge in [0, 0.05) is 19.6 Å². The fourth-order valence-corrected chi connectivity index (χ4v) is 3.41. The first-order valence-electron chi connectivity index (χ1n) is 9.30. The predicted molar refractivity (Wildman–Crippen MR) is 114 cm³/mol. The fraction of sp³-hybridized carbons (Fsp3) is 0.650. The number of carbonyl (C=O) groups is 1. The number of aryl methyl sites for hydroxylation is 1. The molecule has 1 aliphatic rings. The maximum Gasteiger partial charge on any atom is 0.244 e. The van der Waals surface area contributed by atoms with Gasteiger partial charge in [-0.25, -0.2) is 0 Å². The van der Waals surface area contributed by atoms with Crippen LogP contribution in [-0.4, -0.2) is 48.9 Å². The van der Waals surface area contributed by atoms with Gasteiger partial charge in [0.05, 0.1) is 0 Å². The Morgan fingerprint density at radius 1 is 1.23 bits per heavy atom. The van der Waals surface area contributed by atoms with Crippen molar-refractivity contribution in [2.45, 2.75) is 45.6 Å². The number of hydrogen-bond donors (Lipinski definition) is 1. The average Bonchev–Trinajstić information content (AvgIpc) is 2.60. The third-order valence-corrected chi connectivity index (χ3v) is 5.09. The predicted octanol–water partition coefficient (Wildman–Crippen LogP) is 3.81. The Balaban J connectivity index is 0.00000312. The molecule has 4 nitrogen and oxygen atoms in total. The van der Waals surface area contributed by atoms with E-state index in [1.807, 2.05) is 36.1 Å². The number of likely N-dealkylation sites (tertiary alicyclic amines) is 1. The van der Waals surface area contributed by atoms with Crippen LogP contribution in [0.1, 0.15) is 49.8 Å². The molecule has 2 rings (SSSR count). The molecule has 1 amide bonds. The monoisotopic (exact) mass is 403 g/mol. The van der Waals surface area contributed by atoms with Gasteiger partial charge in [-0.15, -0.1) is 24.8 Å². The van der Waals surface area contributed by atoms with Crippen LogP contribution in [0.5, 0.6) is 0 Å². The minimum absolute atomic E-state index is 0. The lowest BCUT2D eigenvalue weighted by Gasteiger charge is -2.35. The normalized spacial score (nSPS) is 16.0. The van der Waals surface area contributed by atoms with Crippen molar-refractivity contribution in [1.29, 1.82) is 0 Å². The maximum absolute atomic E-state index is 12.6. The molecule has 2 N–H and O–H groups in total. The van der Waals surface area contributed by atoms with Crippen LogP contribution in [0.2, 0.25) is 0 Å². The molecule has 1 fully saturated rings. The summed E-state index contributed by atoms with van der Waals surface area (Å²) in [6.07, 6.45) is 4.68. The molecular weight excluding hydrogens is 369 g/mol. The molecule has 1 atom stereocenters. The zero-order valence-electron chi connectivity index (χ0n) is 16.3. The zero-order valence-corrected chi connectivity index (χ0v) is 18.0. The molecule has 1 heterocycles. The number of piperidine rings is 1. The molecule has 6 heteroatoms. The van der Waals surface area contributed by atoms with E-state index in [4.69, 9.17) is 5.73 Å². The second-order valence-electron chi connectivity index (χ2n) is 7.27. The Morgan fingerprint density at radius 3 is 2.35 bits per heavy atom. The molecule has 1 aliphatic heterocycles. The first-order valence-corrected chi connectivity index (χ1v) is 9.30. The quantitative estimate of drug-likeness (QED) is 0.752. The summed E-state index contributed by atoms with van der Waals surface area (Å²) in [5.41, 5.74) is 8.29. The second kappa shape index (κ2) is 12.6. The van der Waals surface area contributed by atoms with Crippen LogP contribution in [0.3, 0.4) is 0 Å². The van der Waals surface area contributed by atoms with E-state index in [9.17, 15) is 4.79 Å². The number of carbonyl (C=O) groups excluding carboxylic acids is 1. The summed E-state index contributed by atoms with van der Waals surface area (Å²) in [6.45, 7) is 8.27. The lowest BCUT2D eigenvalue weighted by atomic mass is 9.95. The largest absolute Gasteiger partial charge is 0.341 e. The van der Waals surface area contributed by atoms with Gasteiger partial charge in [0.25, 0.3) is 0 Å². The summed E-state index contributed by atoms with van der Waals surface area (Å²) in [7, 11) is 2.21. The summed E-state index contributed by atoms with van der Waals surface area (Å²) < 4.78 is 0. The summed E-state index contributed by atoms with van der Waals surface area (Å²) in [5, 5.41) is 0. The van der Waals surface area contributed by atoms with Crippen LogP contribution >= 0.6 is 24.8 Å². The van der Waals surface area contributed by atoms with Gasteiger partial charge in [-0.3, -0.25) is 4.79 Å². The van der Waals surface area contributed by atoms with E-state index in [2.05, 4.69) is 18.9 Å². The van der Waals surface area contributed by atoms with Crippen LogP contribution in [0.25, 0.3) is 0 Å². The molecular formula is C20H35Cl2N3O. The van der Waals surface area contributed by atoms with Gasteiger partial charge < -0.3 is 15.5 Å². The Bertz CT molecular complexity index is 516. The van der Waals surface area contributed by atoms with Crippen molar-refractivity contribution < 1.29 is 4.79 Å². The Kier molecular flexibility index (Phi) is 12.2. The van der Waals surface area contributed by atoms with Crippen molar-refractivity contribution in [1.82, 2.24) is 9.80 Å². The third-order valence-electron chi connectivity index (χ3n) is 5.09. The van der Waals surface area contributed by atoms with Crippen molar-refractivity contribution in [3.63, 3.8) is 0 Å². The van der Waals surface area contributed by atoms with Gasteiger partial charge in [-0.05, 0) is 51.3 Å². The zero-order chi connectivity index (χ0) is 17.5. The first kappa shape index (κ1) is 25.2. The highest BCUT2D eigenvalue weighted by atomic mass is 35.5. The number of hydrogen-bond acceptors (Lipinski definition) is 3. The first-order chi connectivity index (χ1) is 11.5. The van der Waals surface area contributed by atoms with Crippen molar-refractivity contribution in [2.24, 2.45) is 11.7 Å². The standard InChI is InChI=1S/C20H33N3O.2ClH/c1-4-5-12-22(3)15-17-10-13-23(14-11-17)20(24)19(21)18-8-6-16(2)7-9-18;;/h6-9,17,19H,4-5,10-15,21H2,1-3H3;2*1H. The summed E-state index contributed by atoms with van der Waals surface area (Å²) in [6, 6.07) is 7.43. The minimum Gasteiger partial charge on any atom is -0.341 e. The third kappa shape index (κ3) is 7.43. The number of halogens is 2. The van der Waals surface area contributed by atoms with Gasteiger partial charge in [-0.2, -0.15) is 0 Å². The molecule has 26 heavy (non-hydrogen) atoms. The van der Waals surface area contributed by atoms with Gasteiger partial charge in [0.15, 0.2) is 0 Å². The number of rotatable bonds is 7. The summed E-state index contributed by atoms with van der Waals surface area (Å²) in [5.74, 6) is 0.767. The van der Waals surface area contributed by atoms with Crippen molar-refractivity contribution >= 4 is 30.7 Å². The topological polar surface area (TPSA) is 49.6 Å². The van der Waals surface area contributed by atoms with E-state index in [1.54, 1.807) is 0 Å². The van der Waals surface area contributed by atoms with Crippen molar-refractivity contribution in [3.05, 3.63) is 35.4 Å². The highest BCUT2D eigenvalue weighted by molar-refractivity contribution is 5.85. The molecule has 1 saturated heterocycles. The van der Waals surface area contributed by atoms with E-state index >= 15 is 0 Å². The number of nitrogens with zero attached hydrogens (tertiary/aromatic N) is 2. The Labute approximate surface area is 171 Å². The van der Waals surface area contributed by atoms with Crippen molar-refractivity contribution in [3.8, 4) is 0 Å². The Hall–Kier alpha value is -0.810. The van der Waals surface area contributed by atoms with Gasteiger partial charge in [-0.1, -0.05) is 43.2 Å². The van der Waals surface area contributed by atoms with E-state index in [-0.39, 0.29) is 30.7 Å². The molecule has 0 saturated carbocycles. The summed E-state index contributed by atoms with van der Waals surface area (Å²) >= 11 is 0. The molecule has 0 aliphatic carbocycles. The van der Waals surface area contributed by atoms with Crippen LogP contribution in [0.15, 0.2) is 24.3 Å². The lowest BCUT2D eigenvalue weighted by molar-refractivity contribution is -0.134. The van der Waals surface area contributed by atoms with Gasteiger partial charge >= 0.3 is 0 Å². The highest BCUT2D eigenvalue weighted by Crippen LogP contribution is 2.22. The number of unbranched alkanes of at least 4 members (excludes halogenated alkanes) is 1. The highest BCUT2D eigenvalue weighted by Gasteiger charge is 2.27. The van der Waals surface area contributed by atoms with Gasteiger partial charge in [0.2, 0.25) is 5.91 Å². The van der Waals surface area contributed by atoms with E-state index in [0.717, 1.165) is 38.0 Å². The number of nitrogens with two attached hydrogens (primary N) is 1. The molecule has 1 unspecified atom stereocenters. The summed E-state index contributed by atoms with van der Waals surface area (Å²) in [4.78, 5) is 17.0. The smallest absolute Gasteiger partial charge is 0.244 e. The van der Waals surface area contributed by atoms with Crippen LogP contribution in [0.4, 0.5) is 0 Å². The molecule has 1 aromatic carbocycles. The minimum atomic E-state index is -0.533. The molecule has 0 bridgehead atoms. The molecule has 0 aromatic heterocycles. The van der Waals surface area contributed by atoms with E-state index in [0.29, 0.717) is 5.92 Å². The number of benzene rings is 1. The molecule has 150 valence electrons. The second-order valence-corrected chi connectivity index (χ2v) is 7.27. The number of amides is 1. The van der Waals surface area contributed by atoms with E-state index in [1.165, 1.54) is 24.9 Å². The SMILES string of the molecule is CCCCN(C)CC1CCN(C(=O)C(N)c2ccc(C)cc2)CC1.Cl.Cl. The fourth-order valence-electron chi connectivity index (χ4n) is 3.41. The molecule has 0 radical (unpaired) electrons. The maximum atomic E-state index is 12.6. The Morgan fingerprint density at radius 2 is 1.81 bits per heavy atom. The lowest BCUT2D eigenvalue weighted by Crippen LogP contribution is -2.44. The molecule has 0 spiro atoms. The van der Waals surface area contributed by atoms with E-state index < -0.39 is 6.04 Å².